The summed E-state index contributed by atoms with van der Waals surface area (Å²) in [5.41, 5.74) is 0.484. The average Bonchev–Trinajstić information content (AvgIpc) is 2.44. The Morgan fingerprint density at radius 2 is 1.77 bits per heavy atom. The lowest BCUT2D eigenvalue weighted by molar-refractivity contribution is -0.143. The quantitative estimate of drug-likeness (QED) is 0.848. The molecule has 0 saturated carbocycles. The second kappa shape index (κ2) is 7.82. The van der Waals surface area contributed by atoms with Gasteiger partial charge in [-0.25, -0.2) is 9.59 Å². The van der Waals surface area contributed by atoms with E-state index in [-0.39, 0.29) is 5.92 Å². The molecule has 2 unspecified atom stereocenters. The lowest BCUT2D eigenvalue weighted by Gasteiger charge is -2.24. The second-order valence-electron chi connectivity index (χ2n) is 6.27. The summed E-state index contributed by atoms with van der Waals surface area (Å²) in [4.78, 5) is 23.8. The van der Waals surface area contributed by atoms with Gasteiger partial charge in [0.25, 0.3) is 0 Å². The predicted molar refractivity (Wildman–Crippen MR) is 84.6 cm³/mol. The first-order chi connectivity index (χ1) is 10.2. The molecule has 5 nitrogen and oxygen atoms in total. The molecule has 0 aliphatic carbocycles. The van der Waals surface area contributed by atoms with Crippen LogP contribution in [0.25, 0.3) is 0 Å². The molecule has 0 radical (unpaired) electrons. The number of hydrogen-bond donors (Lipinski definition) is 1. The van der Waals surface area contributed by atoms with Crippen molar-refractivity contribution < 1.29 is 19.1 Å². The minimum Gasteiger partial charge on any atom is -0.467 e. The van der Waals surface area contributed by atoms with Crippen LogP contribution in [0.3, 0.4) is 0 Å². The molecule has 22 heavy (non-hydrogen) atoms. The fraction of sp³-hybridized carbons (Fsp3) is 0.529. The highest BCUT2D eigenvalue weighted by Crippen LogP contribution is 2.21. The van der Waals surface area contributed by atoms with Gasteiger partial charge in [-0.3, -0.25) is 0 Å². The van der Waals surface area contributed by atoms with E-state index in [4.69, 9.17) is 9.47 Å². The van der Waals surface area contributed by atoms with Crippen LogP contribution in [0, 0.1) is 0 Å². The Morgan fingerprint density at radius 3 is 2.27 bits per heavy atom. The number of methoxy groups -OCH3 is 1. The number of hydrogen-bond acceptors (Lipinski definition) is 4. The highest BCUT2D eigenvalue weighted by atomic mass is 16.6. The molecule has 0 spiro atoms. The minimum absolute atomic E-state index is 0.0974. The molecule has 2 atom stereocenters. The third-order valence-corrected chi connectivity index (χ3v) is 3.13. The largest absolute Gasteiger partial charge is 0.467 e. The van der Waals surface area contributed by atoms with Crippen LogP contribution in [0.15, 0.2) is 30.3 Å². The lowest BCUT2D eigenvalue weighted by atomic mass is 9.94. The number of carbonyl (C=O) groups is 2. The van der Waals surface area contributed by atoms with Gasteiger partial charge in [0.1, 0.15) is 11.6 Å². The molecular weight excluding hydrogens is 282 g/mol. The molecule has 5 heteroatoms. The van der Waals surface area contributed by atoms with Crippen molar-refractivity contribution in [3.63, 3.8) is 0 Å². The topological polar surface area (TPSA) is 64.6 Å². The van der Waals surface area contributed by atoms with Gasteiger partial charge in [-0.2, -0.15) is 0 Å². The lowest BCUT2D eigenvalue weighted by Crippen LogP contribution is -2.44. The van der Waals surface area contributed by atoms with E-state index in [9.17, 15) is 9.59 Å². The Morgan fingerprint density at radius 1 is 1.18 bits per heavy atom. The van der Waals surface area contributed by atoms with Crippen molar-refractivity contribution >= 4 is 12.1 Å². The Kier molecular flexibility index (Phi) is 6.40. The normalized spacial score (nSPS) is 13.9. The zero-order chi connectivity index (χ0) is 16.8. The summed E-state index contributed by atoms with van der Waals surface area (Å²) >= 11 is 0. The SMILES string of the molecule is COC(=O)C(CC(C)c1ccccc1)NC(=O)OC(C)(C)C. The molecule has 0 aliphatic heterocycles. The number of ether oxygens (including phenoxy) is 2. The Labute approximate surface area is 132 Å². The summed E-state index contributed by atoms with van der Waals surface area (Å²) in [6.45, 7) is 7.31. The van der Waals surface area contributed by atoms with Gasteiger partial charge in [-0.15, -0.1) is 0 Å². The minimum atomic E-state index is -0.741. The molecule has 0 aromatic heterocycles. The van der Waals surface area contributed by atoms with E-state index in [0.29, 0.717) is 6.42 Å². The van der Waals surface area contributed by atoms with Crippen LogP contribution in [0.2, 0.25) is 0 Å². The van der Waals surface area contributed by atoms with E-state index in [1.54, 1.807) is 20.8 Å². The van der Waals surface area contributed by atoms with E-state index >= 15 is 0 Å². The zero-order valence-corrected chi connectivity index (χ0v) is 13.9. The maximum Gasteiger partial charge on any atom is 0.408 e. The van der Waals surface area contributed by atoms with Crippen LogP contribution in [0.4, 0.5) is 4.79 Å². The predicted octanol–water partition coefficient (Wildman–Crippen LogP) is 3.25. The van der Waals surface area contributed by atoms with Crippen molar-refractivity contribution in [2.24, 2.45) is 0 Å². The van der Waals surface area contributed by atoms with Gasteiger partial charge in [0.15, 0.2) is 0 Å². The monoisotopic (exact) mass is 307 g/mol. The van der Waals surface area contributed by atoms with Crippen LogP contribution in [-0.4, -0.2) is 30.8 Å². The van der Waals surface area contributed by atoms with E-state index < -0.39 is 23.7 Å². The highest BCUT2D eigenvalue weighted by molar-refractivity contribution is 5.81. The third-order valence-electron chi connectivity index (χ3n) is 3.13. The van der Waals surface area contributed by atoms with Crippen molar-refractivity contribution in [3.8, 4) is 0 Å². The number of carbonyl (C=O) groups excluding carboxylic acids is 2. The summed E-state index contributed by atoms with van der Waals surface area (Å²) in [6.07, 6.45) is -0.182. The van der Waals surface area contributed by atoms with E-state index in [1.807, 2.05) is 37.3 Å². The Bertz CT molecular complexity index is 493. The Balaban J connectivity index is 2.73. The molecule has 0 bridgehead atoms. The van der Waals surface area contributed by atoms with E-state index in [2.05, 4.69) is 5.32 Å². The number of esters is 1. The zero-order valence-electron chi connectivity index (χ0n) is 13.9. The number of nitrogens with one attached hydrogen (secondary N) is 1. The molecule has 1 aromatic carbocycles. The van der Waals surface area contributed by atoms with Crippen LogP contribution in [0.5, 0.6) is 0 Å². The molecule has 1 amide bonds. The molecule has 1 rings (SSSR count). The van der Waals surface area contributed by atoms with Crippen molar-refractivity contribution in [1.82, 2.24) is 5.32 Å². The third kappa shape index (κ3) is 6.16. The van der Waals surface area contributed by atoms with Crippen molar-refractivity contribution in [3.05, 3.63) is 35.9 Å². The van der Waals surface area contributed by atoms with Crippen molar-refractivity contribution in [2.45, 2.75) is 51.7 Å². The number of rotatable bonds is 5. The van der Waals surface area contributed by atoms with Gasteiger partial charge in [0, 0.05) is 0 Å². The summed E-state index contributed by atoms with van der Waals surface area (Å²) in [5.74, 6) is -0.381. The van der Waals surface area contributed by atoms with Gasteiger partial charge >= 0.3 is 12.1 Å². The number of alkyl carbamates (subject to hydrolysis) is 1. The average molecular weight is 307 g/mol. The van der Waals surface area contributed by atoms with Gasteiger partial charge in [-0.05, 0) is 38.7 Å². The number of benzene rings is 1. The highest BCUT2D eigenvalue weighted by Gasteiger charge is 2.26. The molecule has 0 saturated heterocycles. The van der Waals surface area contributed by atoms with Gasteiger partial charge in [-0.1, -0.05) is 37.3 Å². The molecule has 0 fully saturated rings. The van der Waals surface area contributed by atoms with Crippen molar-refractivity contribution in [2.75, 3.05) is 7.11 Å². The molecule has 1 aromatic rings. The molecular formula is C17H25NO4. The van der Waals surface area contributed by atoms with Gasteiger partial charge in [0.2, 0.25) is 0 Å². The molecule has 1 N–H and O–H groups in total. The first-order valence-corrected chi connectivity index (χ1v) is 7.35. The summed E-state index contributed by atoms with van der Waals surface area (Å²) < 4.78 is 9.96. The number of amides is 1. The van der Waals surface area contributed by atoms with E-state index in [1.165, 1.54) is 7.11 Å². The molecule has 122 valence electrons. The Hall–Kier alpha value is -2.04. The van der Waals surface area contributed by atoms with Crippen LogP contribution in [0.1, 0.15) is 45.6 Å². The van der Waals surface area contributed by atoms with Crippen LogP contribution in [-0.2, 0) is 14.3 Å². The fourth-order valence-electron chi connectivity index (χ4n) is 2.08. The van der Waals surface area contributed by atoms with Crippen molar-refractivity contribution in [1.29, 1.82) is 0 Å². The van der Waals surface area contributed by atoms with Crippen LogP contribution < -0.4 is 5.32 Å². The summed E-state index contributed by atoms with van der Waals surface area (Å²) in [7, 11) is 1.30. The summed E-state index contributed by atoms with van der Waals surface area (Å²) in [5, 5.41) is 2.59. The maximum absolute atomic E-state index is 11.9. The maximum atomic E-state index is 11.9. The standard InChI is InChI=1S/C17H25NO4/c1-12(13-9-7-6-8-10-13)11-14(15(19)21-5)18-16(20)22-17(2,3)4/h6-10,12,14H,11H2,1-5H3,(H,18,20). The first kappa shape index (κ1) is 18.0. The molecule has 0 heterocycles. The van der Waals surface area contributed by atoms with E-state index in [0.717, 1.165) is 5.56 Å². The van der Waals surface area contributed by atoms with Crippen LogP contribution >= 0.6 is 0 Å². The van der Waals surface area contributed by atoms with Gasteiger partial charge < -0.3 is 14.8 Å². The summed E-state index contributed by atoms with van der Waals surface area (Å²) in [6, 6.07) is 9.07. The first-order valence-electron chi connectivity index (χ1n) is 7.35. The fourth-order valence-corrected chi connectivity index (χ4v) is 2.08. The molecule has 0 aliphatic rings. The second-order valence-corrected chi connectivity index (χ2v) is 6.27. The van der Waals surface area contributed by atoms with Gasteiger partial charge in [0.05, 0.1) is 7.11 Å². The smallest absolute Gasteiger partial charge is 0.408 e.